The van der Waals surface area contributed by atoms with E-state index in [4.69, 9.17) is 25.8 Å². The highest BCUT2D eigenvalue weighted by molar-refractivity contribution is 6.33. The summed E-state index contributed by atoms with van der Waals surface area (Å²) in [4.78, 5) is 57.7. The molecule has 0 aromatic carbocycles. The zero-order valence-electron chi connectivity index (χ0n) is 34.1. The number of nitrogens with one attached hydrogen (secondary N) is 2. The van der Waals surface area contributed by atoms with Crippen LogP contribution in [0, 0.1) is 40.4 Å². The largest absolute Gasteiger partial charge is 0.511 e. The molecule has 13 atom stereocenters. The molecule has 5 N–H and O–H groups in total. The van der Waals surface area contributed by atoms with Gasteiger partial charge in [0.05, 0.1) is 34.8 Å². The number of aromatic amines is 1. The van der Waals surface area contributed by atoms with Gasteiger partial charge in [-0.25, -0.2) is 9.59 Å². The van der Waals surface area contributed by atoms with Crippen LogP contribution in [0.5, 0.6) is 0 Å². The van der Waals surface area contributed by atoms with E-state index in [0.29, 0.717) is 32.1 Å². The van der Waals surface area contributed by atoms with Gasteiger partial charge in [0.15, 0.2) is 11.9 Å². The van der Waals surface area contributed by atoms with Crippen LogP contribution in [-0.2, 0) is 28.6 Å². The van der Waals surface area contributed by atoms with Crippen LogP contribution in [0.4, 0.5) is 0 Å². The highest BCUT2D eigenvalue weighted by Crippen LogP contribution is 2.61. The Bertz CT molecular complexity index is 1990. The van der Waals surface area contributed by atoms with Crippen LogP contribution in [0.15, 0.2) is 71.2 Å². The summed E-state index contributed by atoms with van der Waals surface area (Å²) in [5, 5.41) is 37.5. The van der Waals surface area contributed by atoms with Crippen LogP contribution >= 0.6 is 11.6 Å². The number of aliphatic hydroxyl groups is 2. The number of carbonyl (C=O) groups is 4. The number of aliphatic hydroxyl groups excluding tert-OH is 2. The maximum Gasteiger partial charge on any atom is 0.346 e. The number of halogens is 1. The first-order chi connectivity index (χ1) is 27.5. The van der Waals surface area contributed by atoms with Crippen molar-refractivity contribution in [2.24, 2.45) is 40.4 Å². The number of H-pyrrole nitrogens is 1. The molecule has 2 saturated heterocycles. The average Bonchev–Trinajstić information content (AvgIpc) is 3.72. The van der Waals surface area contributed by atoms with Gasteiger partial charge >= 0.3 is 11.9 Å². The van der Waals surface area contributed by atoms with Crippen molar-refractivity contribution >= 4 is 35.2 Å². The second-order valence-corrected chi connectivity index (χ2v) is 18.1. The Morgan fingerprint density at radius 1 is 1.12 bits per heavy atom. The molecule has 1 saturated carbocycles. The molecule has 7 rings (SSSR count). The van der Waals surface area contributed by atoms with Crippen LogP contribution in [0.25, 0.3) is 0 Å². The van der Waals surface area contributed by atoms with E-state index in [9.17, 15) is 29.7 Å². The Labute approximate surface area is 344 Å². The summed E-state index contributed by atoms with van der Waals surface area (Å²) >= 11 is 6.15. The molecule has 0 radical (unpaired) electrons. The summed E-state index contributed by atoms with van der Waals surface area (Å²) < 4.78 is 19.4. The summed E-state index contributed by atoms with van der Waals surface area (Å²) in [6.45, 7) is 11.4. The van der Waals surface area contributed by atoms with E-state index in [1.807, 2.05) is 26.8 Å². The molecule has 4 aliphatic carbocycles. The number of carbonyl (C=O) groups excluding carboxylic acids is 3. The average molecular weight is 821 g/mol. The third-order valence-corrected chi connectivity index (χ3v) is 14.7. The lowest BCUT2D eigenvalue weighted by molar-refractivity contribution is -0.258. The van der Waals surface area contributed by atoms with E-state index in [2.05, 4.69) is 41.5 Å². The number of ketones is 1. The smallest absolute Gasteiger partial charge is 0.346 e. The predicted molar refractivity (Wildman–Crippen MR) is 215 cm³/mol. The highest BCUT2D eigenvalue weighted by Gasteiger charge is 2.67. The number of fused-ring (bicyclic) bond motifs is 4. The molecule has 13 heteroatoms. The number of hydrogen-bond donors (Lipinski definition) is 5. The quantitative estimate of drug-likeness (QED) is 0.106. The molecule has 1 aromatic rings. The van der Waals surface area contributed by atoms with E-state index in [0.717, 1.165) is 12.0 Å². The number of rotatable bonds is 7. The zero-order valence-corrected chi connectivity index (χ0v) is 34.9. The molecule has 3 fully saturated rings. The maximum absolute atomic E-state index is 15.1. The summed E-state index contributed by atoms with van der Waals surface area (Å²) in [6, 6.07) is 0.863. The second-order valence-electron chi connectivity index (χ2n) is 17.7. The van der Waals surface area contributed by atoms with Crippen molar-refractivity contribution < 1.29 is 48.7 Å². The van der Waals surface area contributed by atoms with Crippen molar-refractivity contribution in [1.82, 2.24) is 10.3 Å². The van der Waals surface area contributed by atoms with E-state index < -0.39 is 76.6 Å². The second kappa shape index (κ2) is 15.9. The summed E-state index contributed by atoms with van der Waals surface area (Å²) in [5.41, 5.74) is -3.16. The lowest BCUT2D eigenvalue weighted by atomic mass is 9.51. The van der Waals surface area contributed by atoms with Crippen molar-refractivity contribution in [3.8, 4) is 0 Å². The Morgan fingerprint density at radius 2 is 1.88 bits per heavy atom. The number of esters is 1. The van der Waals surface area contributed by atoms with Crippen LogP contribution in [0.3, 0.4) is 0 Å². The monoisotopic (exact) mass is 820 g/mol. The van der Waals surface area contributed by atoms with E-state index in [-0.39, 0.29) is 64.1 Å². The standard InChI is InChI=1S/C45H57ClN2O10/c1-7-26-21-45-39(51)34(42(55)58-45)38(50)44(8-2)27(12-10-9-11-23(3)20-43(45,6)22-29(26)41(53)54)14-15-28-30(44)16-13-24(4)37(28)57-33-19-32(49)35(25(5)56-33)48-40(52)36-31(46)17-18-47-36/h9-10,14-15,17-18,20,22,24-28,30,32-33,35,37,47,49-50H,7-8,11-13,16,19,21H2,1-6H3,(H,48,52)(H,53,54)/b10-9-,23-20+,38-34-/t24-,25+,26-,27+,28-,30+,32+,33-,35+,37-,43-,44+,45+/m0/s1. The molecule has 3 heterocycles. The van der Waals surface area contributed by atoms with E-state index >= 15 is 4.79 Å². The molecule has 2 bridgehead atoms. The van der Waals surface area contributed by atoms with E-state index in [1.54, 1.807) is 32.2 Å². The van der Waals surface area contributed by atoms with Gasteiger partial charge in [0, 0.05) is 35.9 Å². The van der Waals surface area contributed by atoms with E-state index in [1.165, 1.54) is 0 Å². The Kier molecular flexibility index (Phi) is 11.6. The molecule has 12 nitrogen and oxygen atoms in total. The van der Waals surface area contributed by atoms with Crippen molar-refractivity contribution in [2.45, 2.75) is 129 Å². The lowest BCUT2D eigenvalue weighted by Crippen LogP contribution is -2.58. The number of carboxylic acids is 1. The fourth-order valence-electron chi connectivity index (χ4n) is 11.3. The van der Waals surface area contributed by atoms with Gasteiger partial charge in [-0.1, -0.05) is 74.4 Å². The first-order valence-corrected chi connectivity index (χ1v) is 21.2. The molecule has 314 valence electrons. The Balaban J connectivity index is 1.24. The zero-order chi connectivity index (χ0) is 41.9. The van der Waals surface area contributed by atoms with Crippen LogP contribution in [-0.4, -0.2) is 80.2 Å². The minimum Gasteiger partial charge on any atom is -0.511 e. The van der Waals surface area contributed by atoms with Gasteiger partial charge < -0.3 is 39.8 Å². The molecule has 1 amide bonds. The number of Topliss-reactive ketones (excluding diaryl/α,β-unsaturated/α-hetero) is 1. The minimum atomic E-state index is -1.74. The van der Waals surface area contributed by atoms with Crippen molar-refractivity contribution in [3.05, 3.63) is 81.9 Å². The molecular formula is C45H57ClN2O10. The topological polar surface area (TPSA) is 184 Å². The Hall–Kier alpha value is -3.97. The van der Waals surface area contributed by atoms with Crippen molar-refractivity contribution in [1.29, 1.82) is 0 Å². The van der Waals surface area contributed by atoms with Crippen LogP contribution in [0.2, 0.25) is 5.02 Å². The summed E-state index contributed by atoms with van der Waals surface area (Å²) in [6.07, 6.45) is 14.1. The van der Waals surface area contributed by atoms with Gasteiger partial charge in [0.25, 0.3) is 5.91 Å². The van der Waals surface area contributed by atoms with Crippen LogP contribution < -0.4 is 5.32 Å². The number of amides is 1. The van der Waals surface area contributed by atoms with Gasteiger partial charge in [-0.2, -0.15) is 0 Å². The number of carboxylic acid groups (broad SMARTS) is 1. The lowest BCUT2D eigenvalue weighted by Gasteiger charge is -2.55. The van der Waals surface area contributed by atoms with Crippen molar-refractivity contribution in [3.63, 3.8) is 0 Å². The van der Waals surface area contributed by atoms with Gasteiger partial charge in [0.1, 0.15) is 17.0 Å². The molecule has 58 heavy (non-hydrogen) atoms. The highest BCUT2D eigenvalue weighted by atomic mass is 35.5. The third kappa shape index (κ3) is 6.81. The Morgan fingerprint density at radius 3 is 2.53 bits per heavy atom. The fraction of sp³-hybridized carbons (Fsp3) is 0.600. The first kappa shape index (κ1) is 42.2. The first-order valence-electron chi connectivity index (χ1n) is 20.8. The number of aliphatic carboxylic acids is 1. The maximum atomic E-state index is 15.1. The molecule has 2 aliphatic heterocycles. The van der Waals surface area contributed by atoms with Gasteiger partial charge in [0.2, 0.25) is 5.78 Å². The number of aromatic nitrogens is 1. The minimum absolute atomic E-state index is 0.0169. The van der Waals surface area contributed by atoms with Crippen LogP contribution in [0.1, 0.15) is 103 Å². The number of hydrogen-bond acceptors (Lipinski definition) is 9. The predicted octanol–water partition coefficient (Wildman–Crippen LogP) is 7.31. The SMILES string of the molecule is CC[C@H]1C[C@]23OC(=O)/C(=C(\O)[C@@]4(CC)[C@@H]5CC[C@H](C)[C@H](O[C@H]6C[C@@H](O)[C@H](NC(=O)c7[nH]ccc7Cl)[C@@H](C)O6)[C@H]5C=C[C@H]4C/C=C\C/C(C)=C/[C@@]2(C)C=C1C(=O)O)C3=O. The van der Waals surface area contributed by atoms with Crippen molar-refractivity contribution in [2.75, 3.05) is 0 Å². The van der Waals surface area contributed by atoms with Gasteiger partial charge in [-0.3, -0.25) is 9.59 Å². The molecule has 1 aromatic heterocycles. The normalized spacial score (nSPS) is 42.8. The summed E-state index contributed by atoms with van der Waals surface area (Å²) in [7, 11) is 0. The molecule has 1 spiro atoms. The van der Waals surface area contributed by atoms with Gasteiger partial charge in [-0.05, 0) is 89.0 Å². The number of allylic oxidation sites excluding steroid dienone is 5. The molecule has 6 aliphatic rings. The third-order valence-electron chi connectivity index (χ3n) is 14.4. The number of ether oxygens (including phenoxy) is 3. The molecule has 0 unspecified atom stereocenters. The fourth-order valence-corrected chi connectivity index (χ4v) is 11.5. The molecular weight excluding hydrogens is 764 g/mol. The van der Waals surface area contributed by atoms with Gasteiger partial charge in [-0.15, -0.1) is 0 Å². The summed E-state index contributed by atoms with van der Waals surface area (Å²) in [5.74, 6) is -4.56.